The van der Waals surface area contributed by atoms with Crippen molar-refractivity contribution in [2.24, 2.45) is 5.92 Å². The molecule has 0 N–H and O–H groups in total. The Labute approximate surface area is 139 Å². The van der Waals surface area contributed by atoms with Gasteiger partial charge in [0.15, 0.2) is 0 Å². The van der Waals surface area contributed by atoms with Crippen molar-refractivity contribution >= 4 is 10.1 Å². The zero-order chi connectivity index (χ0) is 18.1. The van der Waals surface area contributed by atoms with Crippen molar-refractivity contribution in [1.29, 1.82) is 0 Å². The Morgan fingerprint density at radius 2 is 1.83 bits per heavy atom. The van der Waals surface area contributed by atoms with E-state index in [-0.39, 0.29) is 24.2 Å². The van der Waals surface area contributed by atoms with Crippen molar-refractivity contribution in [3.8, 4) is 0 Å². The second kappa shape index (κ2) is 6.76. The molecule has 0 amide bonds. The molecule has 2 atom stereocenters. The molecule has 1 aliphatic heterocycles. The molecule has 134 valence electrons. The molecule has 0 aliphatic carbocycles. The third-order valence-electron chi connectivity index (χ3n) is 3.81. The molecule has 1 fully saturated rings. The fraction of sp³-hybridized carbons (Fsp3) is 0.500. The van der Waals surface area contributed by atoms with Crippen molar-refractivity contribution in [2.75, 3.05) is 0 Å². The summed E-state index contributed by atoms with van der Waals surface area (Å²) >= 11 is 0. The van der Waals surface area contributed by atoms with Gasteiger partial charge in [0.2, 0.25) is 0 Å². The molecule has 0 bridgehead atoms. The van der Waals surface area contributed by atoms with Gasteiger partial charge >= 0.3 is 15.6 Å². The van der Waals surface area contributed by atoms with Crippen LogP contribution in [0.15, 0.2) is 41.7 Å². The summed E-state index contributed by atoms with van der Waals surface area (Å²) < 4.78 is 70.2. The second-order valence-electron chi connectivity index (χ2n) is 5.97. The quantitative estimate of drug-likeness (QED) is 0.454. The van der Waals surface area contributed by atoms with Crippen molar-refractivity contribution in [3.63, 3.8) is 0 Å². The Morgan fingerprint density at radius 3 is 2.33 bits per heavy atom. The highest BCUT2D eigenvalue weighted by Gasteiger charge is 2.49. The first-order chi connectivity index (χ1) is 11.0. The van der Waals surface area contributed by atoms with Gasteiger partial charge in [-0.15, -0.1) is 0 Å². The lowest BCUT2D eigenvalue weighted by Crippen LogP contribution is -2.26. The minimum absolute atomic E-state index is 0.0409. The summed E-state index contributed by atoms with van der Waals surface area (Å²) in [5, 5.41) is 0. The summed E-state index contributed by atoms with van der Waals surface area (Å²) in [5.41, 5.74) is -4.14. The maximum atomic E-state index is 12.5. The number of benzene rings is 1. The van der Waals surface area contributed by atoms with Crippen molar-refractivity contribution < 1.29 is 30.5 Å². The molecule has 1 aromatic carbocycles. The molecule has 2 rings (SSSR count). The molecule has 1 heterocycles. The molecule has 1 aliphatic rings. The van der Waals surface area contributed by atoms with Crippen LogP contribution in [0.2, 0.25) is 0 Å². The van der Waals surface area contributed by atoms with Crippen molar-refractivity contribution in [1.82, 2.24) is 0 Å². The Hall–Kier alpha value is -1.54. The van der Waals surface area contributed by atoms with Crippen LogP contribution in [-0.2, 0) is 19.0 Å². The summed E-state index contributed by atoms with van der Waals surface area (Å²) in [6, 6.07) is 9.23. The van der Waals surface area contributed by atoms with E-state index in [1.807, 2.05) is 44.2 Å². The lowest BCUT2D eigenvalue weighted by molar-refractivity contribution is -0.0523. The fourth-order valence-corrected chi connectivity index (χ4v) is 3.19. The van der Waals surface area contributed by atoms with Crippen molar-refractivity contribution in [3.05, 3.63) is 47.2 Å². The number of ether oxygens (including phenoxy) is 1. The van der Waals surface area contributed by atoms with Crippen LogP contribution in [0.5, 0.6) is 0 Å². The highest BCUT2D eigenvalue weighted by atomic mass is 32.2. The molecule has 0 aromatic heterocycles. The first-order valence-corrected chi connectivity index (χ1v) is 8.84. The fourth-order valence-electron chi connectivity index (χ4n) is 2.66. The van der Waals surface area contributed by atoms with Gasteiger partial charge in [-0.05, 0) is 18.4 Å². The van der Waals surface area contributed by atoms with Crippen LogP contribution >= 0.6 is 0 Å². The normalized spacial score (nSPS) is 24.3. The summed E-state index contributed by atoms with van der Waals surface area (Å²) in [6.45, 7) is 4.93. The van der Waals surface area contributed by atoms with Gasteiger partial charge in [-0.1, -0.05) is 44.2 Å². The average molecular weight is 364 g/mol. The van der Waals surface area contributed by atoms with E-state index < -0.39 is 21.7 Å². The third-order valence-corrected chi connectivity index (χ3v) is 4.84. The van der Waals surface area contributed by atoms with Crippen LogP contribution in [0, 0.1) is 5.92 Å². The van der Waals surface area contributed by atoms with E-state index in [0.29, 0.717) is 5.57 Å². The van der Waals surface area contributed by atoms with E-state index in [1.165, 1.54) is 6.92 Å². The molecular weight excluding hydrogens is 345 g/mol. The SMILES string of the molecule is CC(OS(=O)(=O)C(F)(F)F)=C1C[C@@H](c2ccccc2)O[C@H]1C(C)C. The molecule has 1 aromatic rings. The zero-order valence-electron chi connectivity index (χ0n) is 13.5. The Morgan fingerprint density at radius 1 is 1.25 bits per heavy atom. The van der Waals surface area contributed by atoms with Gasteiger partial charge in [0.1, 0.15) is 5.76 Å². The monoisotopic (exact) mass is 364 g/mol. The molecule has 8 heteroatoms. The van der Waals surface area contributed by atoms with Gasteiger partial charge in [0.25, 0.3) is 0 Å². The van der Waals surface area contributed by atoms with Crippen LogP contribution in [0.25, 0.3) is 0 Å². The maximum absolute atomic E-state index is 12.5. The molecule has 0 radical (unpaired) electrons. The third kappa shape index (κ3) is 3.92. The van der Waals surface area contributed by atoms with Crippen molar-refractivity contribution in [2.45, 2.75) is 44.9 Å². The van der Waals surface area contributed by atoms with Crippen LogP contribution in [0.4, 0.5) is 13.2 Å². The highest BCUT2D eigenvalue weighted by molar-refractivity contribution is 7.87. The lowest BCUT2D eigenvalue weighted by atomic mass is 9.96. The number of alkyl halides is 3. The lowest BCUT2D eigenvalue weighted by Gasteiger charge is -2.19. The first-order valence-electron chi connectivity index (χ1n) is 7.43. The molecule has 24 heavy (non-hydrogen) atoms. The average Bonchev–Trinajstić information content (AvgIpc) is 2.92. The number of rotatable bonds is 4. The van der Waals surface area contributed by atoms with Crippen LogP contribution in [-0.4, -0.2) is 20.0 Å². The van der Waals surface area contributed by atoms with Gasteiger partial charge in [-0.2, -0.15) is 21.6 Å². The smallest absolute Gasteiger partial charge is 0.381 e. The number of allylic oxidation sites excluding steroid dienone is 1. The van der Waals surface area contributed by atoms with E-state index in [9.17, 15) is 21.6 Å². The number of halogens is 3. The Balaban J connectivity index is 2.32. The summed E-state index contributed by atoms with van der Waals surface area (Å²) in [5.74, 6) is -0.315. The van der Waals surface area contributed by atoms with Crippen LogP contribution in [0.1, 0.15) is 38.9 Å². The van der Waals surface area contributed by atoms with E-state index in [0.717, 1.165) is 5.56 Å². The van der Waals surface area contributed by atoms with E-state index >= 15 is 0 Å². The van der Waals surface area contributed by atoms with Gasteiger partial charge in [0.05, 0.1) is 12.2 Å². The van der Waals surface area contributed by atoms with E-state index in [1.54, 1.807) is 0 Å². The molecule has 1 saturated heterocycles. The summed E-state index contributed by atoms with van der Waals surface area (Å²) in [6.07, 6.45) is -0.564. The van der Waals surface area contributed by atoms with Gasteiger partial charge in [-0.3, -0.25) is 0 Å². The predicted octanol–water partition coefficient (Wildman–Crippen LogP) is 4.31. The molecule has 0 spiro atoms. The first kappa shape index (κ1) is 18.8. The largest absolute Gasteiger partial charge is 0.534 e. The zero-order valence-corrected chi connectivity index (χ0v) is 14.3. The van der Waals surface area contributed by atoms with Gasteiger partial charge in [-0.25, -0.2) is 0 Å². The predicted molar refractivity (Wildman–Crippen MR) is 82.3 cm³/mol. The van der Waals surface area contributed by atoms with Gasteiger partial charge in [0, 0.05) is 12.0 Å². The molecule has 0 unspecified atom stereocenters. The second-order valence-corrected chi connectivity index (χ2v) is 7.51. The van der Waals surface area contributed by atoms with E-state index in [4.69, 9.17) is 4.74 Å². The molecule has 4 nitrogen and oxygen atoms in total. The minimum atomic E-state index is -5.68. The molecule has 0 saturated carbocycles. The van der Waals surface area contributed by atoms with Crippen LogP contribution < -0.4 is 0 Å². The molecular formula is C16H19F3O4S. The summed E-state index contributed by atoms with van der Waals surface area (Å²) in [4.78, 5) is 0. The minimum Gasteiger partial charge on any atom is -0.381 e. The number of hydrogen-bond acceptors (Lipinski definition) is 4. The van der Waals surface area contributed by atoms with Crippen LogP contribution in [0.3, 0.4) is 0 Å². The Kier molecular flexibility index (Phi) is 5.29. The Bertz CT molecular complexity index is 709. The van der Waals surface area contributed by atoms with E-state index in [2.05, 4.69) is 4.18 Å². The summed E-state index contributed by atoms with van der Waals surface area (Å²) in [7, 11) is -5.68. The number of hydrogen-bond donors (Lipinski definition) is 0. The van der Waals surface area contributed by atoms with Gasteiger partial charge < -0.3 is 8.92 Å². The standard InChI is InChI=1S/C16H19F3O4S/c1-10(2)15-13(11(3)23-24(20,21)16(17,18)19)9-14(22-15)12-7-5-4-6-8-12/h4-8,10,14-15H,9H2,1-3H3/t14-,15-/m0/s1. The topological polar surface area (TPSA) is 52.6 Å². The highest BCUT2D eigenvalue weighted by Crippen LogP contribution is 2.41. The maximum Gasteiger partial charge on any atom is 0.534 e.